The smallest absolute Gasteiger partial charge is 0.237 e. The third-order valence-electron chi connectivity index (χ3n) is 5.54. The zero-order chi connectivity index (χ0) is 16.4. The second-order valence-electron chi connectivity index (χ2n) is 7.04. The van der Waals surface area contributed by atoms with E-state index in [-0.39, 0.29) is 6.10 Å². The molecule has 0 unspecified atom stereocenters. The van der Waals surface area contributed by atoms with Gasteiger partial charge in [-0.25, -0.2) is 0 Å². The van der Waals surface area contributed by atoms with Gasteiger partial charge >= 0.3 is 0 Å². The number of rotatable bonds is 3. The van der Waals surface area contributed by atoms with Crippen LogP contribution < -0.4 is 0 Å². The number of ether oxygens (including phenoxy) is 1. The van der Waals surface area contributed by atoms with E-state index in [1.54, 1.807) is 11.3 Å². The molecule has 3 heterocycles. The first kappa shape index (κ1) is 16.3. The van der Waals surface area contributed by atoms with Crippen LogP contribution in [0.4, 0.5) is 0 Å². The number of fused-ring (bicyclic) bond motifs is 1. The first-order valence-electron chi connectivity index (χ1n) is 9.17. The molecule has 1 saturated heterocycles. The van der Waals surface area contributed by atoms with E-state index in [1.165, 1.54) is 23.3 Å². The molecule has 24 heavy (non-hydrogen) atoms. The van der Waals surface area contributed by atoms with Crippen LogP contribution in [0.1, 0.15) is 37.0 Å². The van der Waals surface area contributed by atoms with E-state index in [4.69, 9.17) is 4.74 Å². The molecule has 130 valence electrons. The van der Waals surface area contributed by atoms with Gasteiger partial charge in [0, 0.05) is 24.5 Å². The van der Waals surface area contributed by atoms with Gasteiger partial charge in [0.15, 0.2) is 0 Å². The number of nitrogens with zero attached hydrogens (tertiary/aromatic N) is 2. The van der Waals surface area contributed by atoms with Crippen LogP contribution in [0.25, 0.3) is 5.57 Å². The lowest BCUT2D eigenvalue weighted by molar-refractivity contribution is -0.150. The summed E-state index contributed by atoms with van der Waals surface area (Å²) in [6, 6.07) is 4.62. The highest BCUT2D eigenvalue weighted by molar-refractivity contribution is 7.11. The van der Waals surface area contributed by atoms with E-state index in [1.807, 2.05) is 0 Å². The second kappa shape index (κ2) is 7.38. The van der Waals surface area contributed by atoms with Crippen molar-refractivity contribution in [3.8, 4) is 0 Å². The van der Waals surface area contributed by atoms with Crippen LogP contribution in [0.5, 0.6) is 0 Å². The van der Waals surface area contributed by atoms with Crippen LogP contribution in [0.3, 0.4) is 0 Å². The van der Waals surface area contributed by atoms with Gasteiger partial charge in [0.05, 0.1) is 25.3 Å². The molecule has 0 spiro atoms. The van der Waals surface area contributed by atoms with E-state index >= 15 is 0 Å². The number of morpholine rings is 1. The van der Waals surface area contributed by atoms with Crippen LogP contribution in [0.2, 0.25) is 0 Å². The molecular formula is C19H26N2O2S. The van der Waals surface area contributed by atoms with Crippen molar-refractivity contribution < 1.29 is 9.53 Å². The Bertz CT molecular complexity index is 597. The van der Waals surface area contributed by atoms with Crippen molar-refractivity contribution in [2.75, 3.05) is 32.8 Å². The molecular weight excluding hydrogens is 320 g/mol. The largest absolute Gasteiger partial charge is 0.374 e. The van der Waals surface area contributed by atoms with Crippen molar-refractivity contribution in [3.05, 3.63) is 28.5 Å². The average molecular weight is 346 g/mol. The van der Waals surface area contributed by atoms with Gasteiger partial charge in [0.2, 0.25) is 5.91 Å². The lowest BCUT2D eigenvalue weighted by atomic mass is 9.90. The molecule has 1 amide bonds. The molecule has 4 nitrogen and oxygen atoms in total. The maximum Gasteiger partial charge on any atom is 0.237 e. The highest BCUT2D eigenvalue weighted by Gasteiger charge is 2.36. The SMILES string of the molecule is O=C(CN1CC=C(c2cccs2)CC1)N1CCO[C@@H]2CCCC[C@H]21. The average Bonchev–Trinajstić information content (AvgIpc) is 3.16. The minimum Gasteiger partial charge on any atom is -0.374 e. The summed E-state index contributed by atoms with van der Waals surface area (Å²) in [5.41, 5.74) is 1.44. The lowest BCUT2D eigenvalue weighted by Crippen LogP contribution is -2.56. The van der Waals surface area contributed by atoms with Crippen molar-refractivity contribution in [2.24, 2.45) is 0 Å². The number of thiophene rings is 1. The second-order valence-corrected chi connectivity index (χ2v) is 7.99. The van der Waals surface area contributed by atoms with Crippen LogP contribution in [-0.4, -0.2) is 60.6 Å². The van der Waals surface area contributed by atoms with E-state index in [9.17, 15) is 4.79 Å². The minimum absolute atomic E-state index is 0.281. The Kier molecular flexibility index (Phi) is 5.01. The Morgan fingerprint density at radius 3 is 3.00 bits per heavy atom. The van der Waals surface area contributed by atoms with Crippen LogP contribution in [-0.2, 0) is 9.53 Å². The fourth-order valence-electron chi connectivity index (χ4n) is 4.23. The zero-order valence-corrected chi connectivity index (χ0v) is 15.0. The fraction of sp³-hybridized carbons (Fsp3) is 0.632. The van der Waals surface area contributed by atoms with Gasteiger partial charge in [-0.05, 0) is 36.3 Å². The van der Waals surface area contributed by atoms with Gasteiger partial charge in [0.1, 0.15) is 0 Å². The van der Waals surface area contributed by atoms with Crippen molar-refractivity contribution in [1.82, 2.24) is 9.80 Å². The molecule has 1 saturated carbocycles. The molecule has 1 aromatic heterocycles. The predicted molar refractivity (Wildman–Crippen MR) is 97.1 cm³/mol. The molecule has 1 aromatic rings. The van der Waals surface area contributed by atoms with Crippen LogP contribution in [0, 0.1) is 0 Å². The van der Waals surface area contributed by atoms with Crippen molar-refractivity contribution in [2.45, 2.75) is 44.2 Å². The summed E-state index contributed by atoms with van der Waals surface area (Å²) in [6.07, 6.45) is 8.32. The molecule has 0 bridgehead atoms. The van der Waals surface area contributed by atoms with Crippen molar-refractivity contribution in [3.63, 3.8) is 0 Å². The van der Waals surface area contributed by atoms with Gasteiger partial charge in [-0.15, -0.1) is 11.3 Å². The van der Waals surface area contributed by atoms with Gasteiger partial charge in [-0.2, -0.15) is 0 Å². The fourth-order valence-corrected chi connectivity index (χ4v) is 5.03. The summed E-state index contributed by atoms with van der Waals surface area (Å²) in [4.78, 5) is 18.6. The number of hydrogen-bond acceptors (Lipinski definition) is 4. The summed E-state index contributed by atoms with van der Waals surface area (Å²) in [6.45, 7) is 3.89. The Labute approximate surface area is 148 Å². The van der Waals surface area contributed by atoms with Crippen molar-refractivity contribution >= 4 is 22.8 Å². The molecule has 2 aliphatic heterocycles. The van der Waals surface area contributed by atoms with Gasteiger partial charge < -0.3 is 9.64 Å². The predicted octanol–water partition coefficient (Wildman–Crippen LogP) is 3.01. The molecule has 5 heteroatoms. The topological polar surface area (TPSA) is 32.8 Å². The monoisotopic (exact) mass is 346 g/mol. The minimum atomic E-state index is 0.281. The highest BCUT2D eigenvalue weighted by atomic mass is 32.1. The van der Waals surface area contributed by atoms with Crippen LogP contribution in [0.15, 0.2) is 23.6 Å². The maximum absolute atomic E-state index is 12.8. The third kappa shape index (κ3) is 3.44. The maximum atomic E-state index is 12.8. The normalized spacial score (nSPS) is 28.3. The lowest BCUT2D eigenvalue weighted by Gasteiger charge is -2.44. The standard InChI is InChI=1S/C19H26N2O2S/c22-19(21-11-12-23-17-5-2-1-4-16(17)21)14-20-9-7-15(8-10-20)18-6-3-13-24-18/h3,6-7,13,16-17H,1-2,4-5,8-12,14H2/t16-,17-/m1/s1. The van der Waals surface area contributed by atoms with E-state index in [0.29, 0.717) is 25.1 Å². The van der Waals surface area contributed by atoms with Crippen LogP contribution >= 0.6 is 11.3 Å². The summed E-state index contributed by atoms with van der Waals surface area (Å²) in [5.74, 6) is 0.295. The Balaban J connectivity index is 1.35. The molecule has 3 aliphatic rings. The van der Waals surface area contributed by atoms with E-state index < -0.39 is 0 Å². The molecule has 0 N–H and O–H groups in total. The summed E-state index contributed by atoms with van der Waals surface area (Å²) in [7, 11) is 0. The van der Waals surface area contributed by atoms with E-state index in [2.05, 4.69) is 33.4 Å². The van der Waals surface area contributed by atoms with Crippen molar-refractivity contribution in [1.29, 1.82) is 0 Å². The Morgan fingerprint density at radius 1 is 1.29 bits per heavy atom. The first-order valence-corrected chi connectivity index (χ1v) is 10.1. The molecule has 4 rings (SSSR count). The highest BCUT2D eigenvalue weighted by Crippen LogP contribution is 2.29. The first-order chi connectivity index (χ1) is 11.8. The summed E-state index contributed by atoms with van der Waals surface area (Å²) < 4.78 is 5.89. The molecule has 0 radical (unpaired) electrons. The molecule has 0 aromatic carbocycles. The summed E-state index contributed by atoms with van der Waals surface area (Å²) in [5, 5.41) is 2.13. The number of carbonyl (C=O) groups excluding carboxylic acids is 1. The zero-order valence-electron chi connectivity index (χ0n) is 14.2. The Hall–Kier alpha value is -1.17. The van der Waals surface area contributed by atoms with E-state index in [0.717, 1.165) is 38.9 Å². The number of carbonyl (C=O) groups is 1. The van der Waals surface area contributed by atoms with Gasteiger partial charge in [-0.3, -0.25) is 9.69 Å². The number of amides is 1. The molecule has 2 atom stereocenters. The van der Waals surface area contributed by atoms with Gasteiger partial charge in [-0.1, -0.05) is 25.0 Å². The third-order valence-corrected chi connectivity index (χ3v) is 6.49. The Morgan fingerprint density at radius 2 is 2.21 bits per heavy atom. The summed E-state index contributed by atoms with van der Waals surface area (Å²) >= 11 is 1.80. The molecule has 2 fully saturated rings. The quantitative estimate of drug-likeness (QED) is 0.843. The van der Waals surface area contributed by atoms with Gasteiger partial charge in [0.25, 0.3) is 0 Å². The number of hydrogen-bond donors (Lipinski definition) is 0. The molecule has 1 aliphatic carbocycles.